The fourth-order valence-electron chi connectivity index (χ4n) is 5.30. The minimum absolute atomic E-state index is 0.0271. The molecule has 0 aromatic heterocycles. The number of hydrogen-bond acceptors (Lipinski definition) is 6. The van der Waals surface area contributed by atoms with E-state index in [1.165, 1.54) is 60.7 Å². The number of alkyl halides is 3. The Balaban J connectivity index is 1.99. The van der Waals surface area contributed by atoms with Gasteiger partial charge >= 0.3 is 6.18 Å². The van der Waals surface area contributed by atoms with Crippen molar-refractivity contribution in [3.05, 3.63) is 88.7 Å². The number of rotatable bonds is 11. The van der Waals surface area contributed by atoms with E-state index in [9.17, 15) is 32.1 Å². The van der Waals surface area contributed by atoms with Crippen molar-refractivity contribution < 1.29 is 35.5 Å². The van der Waals surface area contributed by atoms with Gasteiger partial charge in [0.05, 0.1) is 22.4 Å². The van der Waals surface area contributed by atoms with Crippen molar-refractivity contribution in [1.29, 1.82) is 10.5 Å². The molecule has 246 valence electrons. The van der Waals surface area contributed by atoms with Crippen molar-refractivity contribution in [2.75, 3.05) is 19.8 Å². The van der Waals surface area contributed by atoms with E-state index in [1.54, 1.807) is 20.8 Å². The van der Waals surface area contributed by atoms with Crippen molar-refractivity contribution in [3.8, 4) is 34.8 Å². The molecule has 4 rings (SSSR count). The summed E-state index contributed by atoms with van der Waals surface area (Å²) in [4.78, 5) is -0.117. The molecule has 0 heterocycles. The molecule has 0 aliphatic carbocycles. The maximum atomic E-state index is 16.0. The first-order valence-corrected chi connectivity index (χ1v) is 16.2. The Morgan fingerprint density at radius 1 is 0.957 bits per heavy atom. The maximum Gasteiger partial charge on any atom is 0.393 e. The number of nitrogens with zero attached hydrogens (tertiary/aromatic N) is 2. The number of nitriles is 2. The van der Waals surface area contributed by atoms with Gasteiger partial charge in [0.2, 0.25) is 10.0 Å². The molecule has 0 bridgehead atoms. The molecule has 0 spiro atoms. The fourth-order valence-corrected chi connectivity index (χ4v) is 6.41. The highest BCUT2D eigenvalue weighted by Crippen LogP contribution is 2.47. The molecule has 4 aromatic rings. The van der Waals surface area contributed by atoms with Gasteiger partial charge in [0, 0.05) is 42.3 Å². The molecule has 0 radical (unpaired) electrons. The lowest BCUT2D eigenvalue weighted by atomic mass is 9.81. The van der Waals surface area contributed by atoms with Gasteiger partial charge < -0.3 is 9.47 Å². The summed E-state index contributed by atoms with van der Waals surface area (Å²) in [6.45, 7) is 8.04. The van der Waals surface area contributed by atoms with E-state index in [0.29, 0.717) is 19.6 Å². The summed E-state index contributed by atoms with van der Waals surface area (Å²) in [5, 5.41) is 20.5. The molecule has 0 amide bonds. The zero-order chi connectivity index (χ0) is 34.6. The number of benzene rings is 4. The Morgan fingerprint density at radius 3 is 2.32 bits per heavy atom. The van der Waals surface area contributed by atoms with Crippen molar-refractivity contribution in [2.45, 2.75) is 57.0 Å². The molecule has 0 aliphatic heterocycles. The second-order valence-corrected chi connectivity index (χ2v) is 13.6. The van der Waals surface area contributed by atoms with Gasteiger partial charge in [-0.2, -0.15) is 23.7 Å². The number of hydrogen-bond donors (Lipinski definition) is 1. The van der Waals surface area contributed by atoms with Crippen LogP contribution in [0.5, 0.6) is 11.5 Å². The summed E-state index contributed by atoms with van der Waals surface area (Å²) in [6.07, 6.45) is -5.29. The summed E-state index contributed by atoms with van der Waals surface area (Å²) in [7, 11) is -3.97. The third-order valence-electron chi connectivity index (χ3n) is 7.23. The highest BCUT2D eigenvalue weighted by molar-refractivity contribution is 7.89. The summed E-state index contributed by atoms with van der Waals surface area (Å²) >= 11 is 0. The lowest BCUT2D eigenvalue weighted by Gasteiger charge is -2.26. The third kappa shape index (κ3) is 8.27. The van der Waals surface area contributed by atoms with E-state index in [4.69, 9.17) is 9.47 Å². The van der Waals surface area contributed by atoms with Crippen LogP contribution in [0.25, 0.3) is 21.9 Å². The molecule has 0 fully saturated rings. The fraction of sp³-hybridized carbons (Fsp3) is 0.314. The second-order valence-electron chi connectivity index (χ2n) is 11.8. The smallest absolute Gasteiger partial charge is 0.393 e. The Morgan fingerprint density at radius 2 is 1.68 bits per heavy atom. The molecule has 0 saturated heterocycles. The molecule has 47 heavy (non-hydrogen) atoms. The largest absolute Gasteiger partial charge is 0.456 e. The van der Waals surface area contributed by atoms with Gasteiger partial charge in [0.1, 0.15) is 29.5 Å². The SMILES string of the molecule is CCOCCCNS(=O)(=O)c1cccc(Oc2c(C(C)(C)C)c(F)cc3cc(C#N)c(C#N)c(-c4cccc(CC(F)(F)F)c4)c23)c1. The van der Waals surface area contributed by atoms with Crippen LogP contribution in [0.4, 0.5) is 17.6 Å². The lowest BCUT2D eigenvalue weighted by molar-refractivity contribution is -0.127. The number of sulfonamides is 1. The normalized spacial score (nSPS) is 12.1. The minimum atomic E-state index is -4.51. The van der Waals surface area contributed by atoms with Crippen LogP contribution < -0.4 is 9.46 Å². The van der Waals surface area contributed by atoms with Crippen LogP contribution in [0, 0.1) is 28.5 Å². The number of halogens is 4. The van der Waals surface area contributed by atoms with E-state index >= 15 is 4.39 Å². The Labute approximate surface area is 271 Å². The van der Waals surface area contributed by atoms with Gasteiger partial charge in [0.15, 0.2) is 0 Å². The van der Waals surface area contributed by atoms with Gasteiger partial charge in [-0.1, -0.05) is 51.1 Å². The Hall–Kier alpha value is -4.49. The number of fused-ring (bicyclic) bond motifs is 1. The zero-order valence-corrected chi connectivity index (χ0v) is 27.1. The van der Waals surface area contributed by atoms with Crippen LogP contribution in [0.1, 0.15) is 56.4 Å². The summed E-state index contributed by atoms with van der Waals surface area (Å²) in [6, 6.07) is 17.5. The summed E-state index contributed by atoms with van der Waals surface area (Å²) < 4.78 is 96.3. The molecule has 0 saturated carbocycles. The topological polar surface area (TPSA) is 112 Å². The van der Waals surface area contributed by atoms with Crippen LogP contribution in [0.2, 0.25) is 0 Å². The molecule has 7 nitrogen and oxygen atoms in total. The van der Waals surface area contributed by atoms with Gasteiger partial charge in [-0.25, -0.2) is 17.5 Å². The van der Waals surface area contributed by atoms with Crippen LogP contribution in [-0.4, -0.2) is 34.4 Å². The molecule has 0 atom stereocenters. The van der Waals surface area contributed by atoms with Crippen molar-refractivity contribution in [1.82, 2.24) is 4.72 Å². The average molecular weight is 668 g/mol. The monoisotopic (exact) mass is 667 g/mol. The van der Waals surface area contributed by atoms with E-state index in [-0.39, 0.29) is 67.1 Å². The van der Waals surface area contributed by atoms with Crippen LogP contribution in [0.3, 0.4) is 0 Å². The molecule has 4 aromatic carbocycles. The zero-order valence-electron chi connectivity index (χ0n) is 26.3. The van der Waals surface area contributed by atoms with E-state index < -0.39 is 33.9 Å². The highest BCUT2D eigenvalue weighted by atomic mass is 32.2. The number of ether oxygens (including phenoxy) is 2. The Bertz CT molecular complexity index is 1990. The second kappa shape index (κ2) is 14.1. The van der Waals surface area contributed by atoms with E-state index in [1.807, 2.05) is 19.1 Å². The van der Waals surface area contributed by atoms with Gasteiger partial charge in [-0.3, -0.25) is 0 Å². The first kappa shape index (κ1) is 35.4. The van der Waals surface area contributed by atoms with E-state index in [0.717, 1.165) is 0 Å². The van der Waals surface area contributed by atoms with Crippen LogP contribution >= 0.6 is 0 Å². The molecule has 0 unspecified atom stereocenters. The molecule has 1 N–H and O–H groups in total. The predicted octanol–water partition coefficient (Wildman–Crippen LogP) is 8.29. The lowest BCUT2D eigenvalue weighted by Crippen LogP contribution is -2.25. The quantitative estimate of drug-likeness (QED) is 0.127. The highest BCUT2D eigenvalue weighted by Gasteiger charge is 2.31. The van der Waals surface area contributed by atoms with E-state index in [2.05, 4.69) is 4.72 Å². The van der Waals surface area contributed by atoms with Crippen LogP contribution in [-0.2, 0) is 26.6 Å². The first-order chi connectivity index (χ1) is 22.1. The third-order valence-corrected chi connectivity index (χ3v) is 8.69. The molecular formula is C35H33F4N3O4S. The Kier molecular flexibility index (Phi) is 10.6. The van der Waals surface area contributed by atoms with Gasteiger partial charge in [-0.05, 0) is 59.5 Å². The standard InChI is InChI=1S/C35H33F4N3O4S/c1-5-45-14-8-13-42-47(43,44)27-12-7-11-26(18-27)46-33-31-24(17-29(36)32(33)34(2,3)4)16-25(20-40)28(21-41)30(31)23-10-6-9-22(15-23)19-35(37,38)39/h6-7,9-12,15-18,42H,5,8,13-14,19H2,1-4H3. The molecular weight excluding hydrogens is 634 g/mol. The number of nitrogens with one attached hydrogen (secondary N) is 1. The summed E-state index contributed by atoms with van der Waals surface area (Å²) in [5.41, 5.74) is -0.868. The van der Waals surface area contributed by atoms with Crippen molar-refractivity contribution >= 4 is 20.8 Å². The molecule has 0 aliphatic rings. The maximum absolute atomic E-state index is 16.0. The molecule has 12 heteroatoms. The average Bonchev–Trinajstić information content (AvgIpc) is 2.98. The van der Waals surface area contributed by atoms with Gasteiger partial charge in [0.25, 0.3) is 0 Å². The van der Waals surface area contributed by atoms with Gasteiger partial charge in [-0.15, -0.1) is 0 Å². The first-order valence-electron chi connectivity index (χ1n) is 14.7. The predicted molar refractivity (Wildman–Crippen MR) is 170 cm³/mol. The van der Waals surface area contributed by atoms with Crippen molar-refractivity contribution in [2.24, 2.45) is 0 Å². The minimum Gasteiger partial charge on any atom is -0.456 e. The van der Waals surface area contributed by atoms with Crippen molar-refractivity contribution in [3.63, 3.8) is 0 Å². The van der Waals surface area contributed by atoms with Crippen LogP contribution in [0.15, 0.2) is 65.6 Å². The summed E-state index contributed by atoms with van der Waals surface area (Å²) in [5.74, 6) is -0.728.